The molecule has 0 spiro atoms. The minimum Gasteiger partial charge on any atom is -0.489 e. The van der Waals surface area contributed by atoms with E-state index in [9.17, 15) is 13.2 Å². The van der Waals surface area contributed by atoms with Crippen LogP contribution < -0.4 is 15.4 Å². The summed E-state index contributed by atoms with van der Waals surface area (Å²) in [6.07, 6.45) is 3.11. The van der Waals surface area contributed by atoms with Crippen molar-refractivity contribution in [1.29, 1.82) is 0 Å². The van der Waals surface area contributed by atoms with Crippen molar-refractivity contribution < 1.29 is 17.9 Å². The number of rotatable bonds is 9. The van der Waals surface area contributed by atoms with E-state index in [0.717, 1.165) is 18.4 Å². The van der Waals surface area contributed by atoms with Gasteiger partial charge in [-0.05, 0) is 88.8 Å². The van der Waals surface area contributed by atoms with Gasteiger partial charge < -0.3 is 20.3 Å². The summed E-state index contributed by atoms with van der Waals surface area (Å²) in [6, 6.07) is 10.7. The lowest BCUT2D eigenvalue weighted by atomic mass is 9.86. The van der Waals surface area contributed by atoms with Crippen molar-refractivity contribution in [3.05, 3.63) is 65.7 Å². The van der Waals surface area contributed by atoms with E-state index in [4.69, 9.17) is 16.3 Å². The summed E-state index contributed by atoms with van der Waals surface area (Å²) in [7, 11) is -3.55. The first kappa shape index (κ1) is 30.6. The molecule has 1 amide bonds. The van der Waals surface area contributed by atoms with Gasteiger partial charge in [-0.3, -0.25) is 4.79 Å². The van der Waals surface area contributed by atoms with Crippen molar-refractivity contribution in [2.75, 3.05) is 23.7 Å². The van der Waals surface area contributed by atoms with Crippen LogP contribution in [0.15, 0.2) is 47.5 Å². The van der Waals surface area contributed by atoms with Gasteiger partial charge in [0.05, 0.1) is 33.8 Å². The molecule has 1 aliphatic heterocycles. The van der Waals surface area contributed by atoms with E-state index >= 15 is 0 Å². The van der Waals surface area contributed by atoms with Crippen LogP contribution in [-0.4, -0.2) is 53.6 Å². The highest BCUT2D eigenvalue weighted by atomic mass is 35.5. The molecule has 0 atom stereocenters. The van der Waals surface area contributed by atoms with Crippen molar-refractivity contribution in [3.63, 3.8) is 0 Å². The molecule has 1 aliphatic rings. The molecular weight excluding hydrogens is 562 g/mol. The van der Waals surface area contributed by atoms with E-state index < -0.39 is 15.1 Å². The van der Waals surface area contributed by atoms with Gasteiger partial charge in [-0.15, -0.1) is 0 Å². The first-order chi connectivity index (χ1) is 19.4. The second-order valence-electron chi connectivity index (χ2n) is 10.8. The summed E-state index contributed by atoms with van der Waals surface area (Å²) in [6.45, 7) is 14.2. The van der Waals surface area contributed by atoms with Crippen LogP contribution in [0, 0.1) is 13.8 Å². The number of hydrogen-bond acceptors (Lipinski definition) is 8. The van der Waals surface area contributed by atoms with Crippen LogP contribution in [0.25, 0.3) is 0 Å². The number of amides is 1. The lowest BCUT2D eigenvalue weighted by Gasteiger charge is -2.32. The molecule has 2 N–H and O–H groups in total. The largest absolute Gasteiger partial charge is 0.489 e. The van der Waals surface area contributed by atoms with Crippen LogP contribution in [0.5, 0.6) is 5.75 Å². The number of para-hydroxylation sites is 1. The van der Waals surface area contributed by atoms with Gasteiger partial charge in [-0.25, -0.2) is 13.4 Å². The molecule has 11 heteroatoms. The zero-order valence-corrected chi connectivity index (χ0v) is 25.6. The Balaban J connectivity index is 1.63. The van der Waals surface area contributed by atoms with Crippen molar-refractivity contribution in [2.24, 2.45) is 0 Å². The third-order valence-electron chi connectivity index (χ3n) is 7.08. The Hall–Kier alpha value is -3.37. The summed E-state index contributed by atoms with van der Waals surface area (Å²) in [4.78, 5) is 22.5. The van der Waals surface area contributed by atoms with Crippen molar-refractivity contribution in [2.45, 2.75) is 69.6 Å². The van der Waals surface area contributed by atoms with E-state index in [-0.39, 0.29) is 33.7 Å². The Kier molecular flexibility index (Phi) is 9.44. The average Bonchev–Trinajstić information content (AvgIpc) is 2.92. The normalized spacial score (nSPS) is 14.4. The monoisotopic (exact) mass is 598 g/mol. The molecular formula is C30H37ClN5O4S. The van der Waals surface area contributed by atoms with E-state index in [0.29, 0.717) is 36.1 Å². The number of sulfone groups is 1. The zero-order chi connectivity index (χ0) is 29.9. The Bertz CT molecular complexity index is 1520. The van der Waals surface area contributed by atoms with Gasteiger partial charge in [-0.2, -0.15) is 4.98 Å². The smallest absolute Gasteiger partial charge is 0.229 e. The summed E-state index contributed by atoms with van der Waals surface area (Å²) in [5.41, 5.74) is 3.35. The summed E-state index contributed by atoms with van der Waals surface area (Å²) in [5.74, 6) is 1.37. The number of likely N-dealkylation sites (tertiary alicyclic amines) is 1. The Labute approximate surface area is 247 Å². The molecule has 9 nitrogen and oxygen atoms in total. The maximum Gasteiger partial charge on any atom is 0.229 e. The van der Waals surface area contributed by atoms with Crippen LogP contribution >= 0.6 is 11.6 Å². The molecule has 41 heavy (non-hydrogen) atoms. The second kappa shape index (κ2) is 12.7. The first-order valence-electron chi connectivity index (χ1n) is 13.7. The summed E-state index contributed by atoms with van der Waals surface area (Å²) in [5, 5.41) is 6.00. The van der Waals surface area contributed by atoms with Gasteiger partial charge in [0.2, 0.25) is 11.9 Å². The first-order valence-corrected chi connectivity index (χ1v) is 15.6. The molecule has 2 aromatic carbocycles. The maximum absolute atomic E-state index is 12.9. The van der Waals surface area contributed by atoms with Crippen LogP contribution in [0.1, 0.15) is 57.6 Å². The molecule has 0 aliphatic carbocycles. The molecule has 1 radical (unpaired) electrons. The number of aryl methyl sites for hydroxylation is 1. The highest BCUT2D eigenvalue weighted by Crippen LogP contribution is 2.38. The number of benzene rings is 2. The maximum atomic E-state index is 12.9. The van der Waals surface area contributed by atoms with Crippen molar-refractivity contribution in [1.82, 2.24) is 14.9 Å². The lowest BCUT2D eigenvalue weighted by Crippen LogP contribution is -2.36. The molecule has 0 unspecified atom stereocenters. The minimum absolute atomic E-state index is 0.0699. The number of carbonyl (C=O) groups excluding carboxylic acids is 1. The Morgan fingerprint density at radius 1 is 1.10 bits per heavy atom. The molecule has 1 aromatic heterocycles. The van der Waals surface area contributed by atoms with Gasteiger partial charge in [0.1, 0.15) is 10.8 Å². The standard InChI is InChI=1S/C30H37ClN5O4S/c1-18(2)40-27-16-23(22-11-13-36(14-12-22)21(6)37)20(5)15-26(27)34-30-32-17-24(31)29(35-30)33-25-9-7-8-10-28(25)41(38,39)19(3)4/h7-10,15-19,22H,6,11-14H2,1-5H3,(H2,32,33,34,35). The number of ether oxygens (including phenoxy) is 1. The number of nitrogens with one attached hydrogen (secondary N) is 2. The predicted octanol–water partition coefficient (Wildman–Crippen LogP) is 6.44. The molecule has 2 heterocycles. The molecule has 4 rings (SSSR count). The van der Waals surface area contributed by atoms with E-state index in [1.165, 1.54) is 11.8 Å². The fraction of sp³-hybridized carbons (Fsp3) is 0.400. The number of hydrogen-bond donors (Lipinski definition) is 2. The molecule has 0 saturated carbocycles. The Morgan fingerprint density at radius 3 is 2.41 bits per heavy atom. The quantitative estimate of drug-likeness (QED) is 0.289. The van der Waals surface area contributed by atoms with E-state index in [1.54, 1.807) is 43.0 Å². The van der Waals surface area contributed by atoms with Crippen molar-refractivity contribution in [3.8, 4) is 5.75 Å². The molecule has 0 bridgehead atoms. The molecule has 1 saturated heterocycles. The summed E-state index contributed by atoms with van der Waals surface area (Å²) < 4.78 is 32.0. The Morgan fingerprint density at radius 2 is 1.78 bits per heavy atom. The number of aromatic nitrogens is 2. The zero-order valence-electron chi connectivity index (χ0n) is 24.1. The average molecular weight is 599 g/mol. The van der Waals surface area contributed by atoms with Crippen molar-refractivity contribution >= 4 is 50.5 Å². The van der Waals surface area contributed by atoms with Gasteiger partial charge in [-0.1, -0.05) is 23.7 Å². The van der Waals surface area contributed by atoms with Crippen LogP contribution in [0.4, 0.5) is 23.1 Å². The van der Waals surface area contributed by atoms with Gasteiger partial charge in [0.25, 0.3) is 0 Å². The fourth-order valence-corrected chi connectivity index (χ4v) is 6.21. The number of anilines is 4. The molecule has 1 fully saturated rings. The third-order valence-corrected chi connectivity index (χ3v) is 9.56. The fourth-order valence-electron chi connectivity index (χ4n) is 4.87. The highest BCUT2D eigenvalue weighted by molar-refractivity contribution is 7.92. The van der Waals surface area contributed by atoms with Gasteiger partial charge >= 0.3 is 0 Å². The SMILES string of the molecule is [CH2]C(=O)N1CCC(c2cc(OC(C)C)c(Nc3ncc(Cl)c(Nc4ccccc4S(=O)(=O)C(C)C)n3)cc2C)CC1. The summed E-state index contributed by atoms with van der Waals surface area (Å²) >= 11 is 6.42. The van der Waals surface area contributed by atoms with Gasteiger partial charge in [0, 0.05) is 20.0 Å². The topological polar surface area (TPSA) is 114 Å². The highest BCUT2D eigenvalue weighted by Gasteiger charge is 2.26. The number of nitrogens with zero attached hydrogens (tertiary/aromatic N) is 3. The predicted molar refractivity (Wildman–Crippen MR) is 163 cm³/mol. The molecule has 219 valence electrons. The number of piperidine rings is 1. The van der Waals surface area contributed by atoms with Gasteiger partial charge in [0.15, 0.2) is 15.7 Å². The minimum atomic E-state index is -3.55. The number of halogens is 1. The van der Waals surface area contributed by atoms with Crippen LogP contribution in [0.3, 0.4) is 0 Å². The third kappa shape index (κ3) is 7.11. The molecule has 3 aromatic rings. The van der Waals surface area contributed by atoms with E-state index in [2.05, 4.69) is 40.5 Å². The van der Waals surface area contributed by atoms with E-state index in [1.807, 2.05) is 19.9 Å². The second-order valence-corrected chi connectivity index (χ2v) is 13.6. The van der Waals surface area contributed by atoms with Crippen LogP contribution in [-0.2, 0) is 14.6 Å². The van der Waals surface area contributed by atoms with Crippen LogP contribution in [0.2, 0.25) is 5.02 Å². The number of carbonyl (C=O) groups is 1. The lowest BCUT2D eigenvalue weighted by molar-refractivity contribution is -0.127.